The van der Waals surface area contributed by atoms with Gasteiger partial charge in [-0.1, -0.05) is 24.3 Å². The summed E-state index contributed by atoms with van der Waals surface area (Å²) in [6.07, 6.45) is 0.924. The molecule has 1 atom stereocenters. The molecule has 6 nitrogen and oxygen atoms in total. The van der Waals surface area contributed by atoms with Crippen LogP contribution in [0.5, 0.6) is 11.5 Å². The van der Waals surface area contributed by atoms with Crippen LogP contribution in [0.4, 0.5) is 0 Å². The van der Waals surface area contributed by atoms with E-state index >= 15 is 0 Å². The maximum Gasteiger partial charge on any atom is 0.220 e. The minimum Gasteiger partial charge on any atom is -0.493 e. The Labute approximate surface area is 152 Å². The number of amides is 1. The monoisotopic (exact) mass is 353 g/mol. The van der Waals surface area contributed by atoms with E-state index in [9.17, 15) is 4.79 Å². The predicted molar refractivity (Wildman–Crippen MR) is 101 cm³/mol. The van der Waals surface area contributed by atoms with Gasteiger partial charge in [0, 0.05) is 6.42 Å². The molecule has 3 aromatic rings. The van der Waals surface area contributed by atoms with Crippen molar-refractivity contribution in [2.24, 2.45) is 0 Å². The highest BCUT2D eigenvalue weighted by Gasteiger charge is 2.15. The average molecular weight is 353 g/mol. The highest BCUT2D eigenvalue weighted by molar-refractivity contribution is 5.77. The molecule has 0 aliphatic carbocycles. The number of carbonyl (C=O) groups is 1. The zero-order valence-electron chi connectivity index (χ0n) is 15.2. The summed E-state index contributed by atoms with van der Waals surface area (Å²) in [5.41, 5.74) is 2.80. The van der Waals surface area contributed by atoms with Crippen LogP contribution in [0.3, 0.4) is 0 Å². The van der Waals surface area contributed by atoms with E-state index in [0.29, 0.717) is 24.3 Å². The van der Waals surface area contributed by atoms with Gasteiger partial charge in [0.25, 0.3) is 0 Å². The number of nitrogens with zero attached hydrogens (tertiary/aromatic N) is 1. The average Bonchev–Trinajstić information content (AvgIpc) is 3.10. The zero-order chi connectivity index (χ0) is 18.5. The van der Waals surface area contributed by atoms with Crippen molar-refractivity contribution >= 4 is 16.9 Å². The van der Waals surface area contributed by atoms with Gasteiger partial charge in [0.15, 0.2) is 11.5 Å². The molecule has 0 radical (unpaired) electrons. The quantitative estimate of drug-likeness (QED) is 0.683. The first kappa shape index (κ1) is 17.8. The first-order valence-electron chi connectivity index (χ1n) is 8.56. The Kier molecular flexibility index (Phi) is 5.41. The molecule has 0 saturated heterocycles. The second-order valence-corrected chi connectivity index (χ2v) is 6.08. The topological polar surface area (TPSA) is 76.2 Å². The molecule has 0 bridgehead atoms. The summed E-state index contributed by atoms with van der Waals surface area (Å²) in [5.74, 6) is 2.05. The molecule has 3 rings (SSSR count). The lowest BCUT2D eigenvalue weighted by Crippen LogP contribution is -2.27. The van der Waals surface area contributed by atoms with Crippen LogP contribution in [0.15, 0.2) is 42.5 Å². The van der Waals surface area contributed by atoms with Crippen LogP contribution in [0, 0.1) is 0 Å². The first-order valence-corrected chi connectivity index (χ1v) is 8.56. The number of methoxy groups -OCH3 is 2. The normalized spacial score (nSPS) is 12.0. The van der Waals surface area contributed by atoms with Gasteiger partial charge in [-0.25, -0.2) is 4.98 Å². The molecular formula is C20H23N3O3. The summed E-state index contributed by atoms with van der Waals surface area (Å²) >= 11 is 0. The van der Waals surface area contributed by atoms with Crippen LogP contribution in [0.25, 0.3) is 11.0 Å². The molecule has 2 N–H and O–H groups in total. The van der Waals surface area contributed by atoms with E-state index < -0.39 is 0 Å². The lowest BCUT2D eigenvalue weighted by Gasteiger charge is -2.14. The van der Waals surface area contributed by atoms with Gasteiger partial charge in [-0.15, -0.1) is 0 Å². The van der Waals surface area contributed by atoms with Crippen LogP contribution in [-0.2, 0) is 11.2 Å². The molecule has 26 heavy (non-hydrogen) atoms. The molecule has 1 aromatic heterocycles. The maximum absolute atomic E-state index is 12.3. The van der Waals surface area contributed by atoms with E-state index in [1.807, 2.05) is 49.4 Å². The second-order valence-electron chi connectivity index (χ2n) is 6.08. The number of nitrogens with one attached hydrogen (secondary N) is 2. The largest absolute Gasteiger partial charge is 0.493 e. The van der Waals surface area contributed by atoms with Crippen molar-refractivity contribution in [1.82, 2.24) is 15.3 Å². The van der Waals surface area contributed by atoms with Crippen LogP contribution in [0.2, 0.25) is 0 Å². The summed E-state index contributed by atoms with van der Waals surface area (Å²) < 4.78 is 10.7. The molecule has 0 aliphatic rings. The molecule has 0 spiro atoms. The summed E-state index contributed by atoms with van der Waals surface area (Å²) in [6, 6.07) is 13.3. The van der Waals surface area contributed by atoms with E-state index in [1.54, 1.807) is 14.2 Å². The summed E-state index contributed by atoms with van der Waals surface area (Å²) in [5, 5.41) is 2.99. The maximum atomic E-state index is 12.3. The lowest BCUT2D eigenvalue weighted by atomic mass is 10.1. The first-order chi connectivity index (χ1) is 12.6. The molecule has 1 unspecified atom stereocenters. The number of imidazole rings is 1. The van der Waals surface area contributed by atoms with Crippen molar-refractivity contribution in [3.8, 4) is 11.5 Å². The third-order valence-electron chi connectivity index (χ3n) is 4.30. The van der Waals surface area contributed by atoms with Gasteiger partial charge in [-0.3, -0.25) is 4.79 Å². The third kappa shape index (κ3) is 3.79. The van der Waals surface area contributed by atoms with Crippen LogP contribution >= 0.6 is 0 Å². The van der Waals surface area contributed by atoms with E-state index in [1.165, 1.54) is 0 Å². The minimum atomic E-state index is -0.192. The molecule has 0 aliphatic heterocycles. The highest BCUT2D eigenvalue weighted by atomic mass is 16.5. The standard InChI is InChI=1S/C20H23N3O3/c1-13(20-22-15-8-4-5-9-16(15)23-20)21-18(24)12-11-14-7-6-10-17(25-2)19(14)26-3/h4-10,13H,11-12H2,1-3H3,(H,21,24)(H,22,23). The smallest absolute Gasteiger partial charge is 0.220 e. The fourth-order valence-corrected chi connectivity index (χ4v) is 2.96. The number of fused-ring (bicyclic) bond motifs is 1. The van der Waals surface area contributed by atoms with Gasteiger partial charge in [0.1, 0.15) is 5.82 Å². The van der Waals surface area contributed by atoms with Gasteiger partial charge in [0.05, 0.1) is 31.3 Å². The highest BCUT2D eigenvalue weighted by Crippen LogP contribution is 2.31. The van der Waals surface area contributed by atoms with Crippen molar-refractivity contribution in [3.63, 3.8) is 0 Å². The van der Waals surface area contributed by atoms with Gasteiger partial charge in [-0.2, -0.15) is 0 Å². The molecule has 0 fully saturated rings. The fourth-order valence-electron chi connectivity index (χ4n) is 2.96. The summed E-state index contributed by atoms with van der Waals surface area (Å²) in [4.78, 5) is 20.1. The molecular weight excluding hydrogens is 330 g/mol. The number of aromatic amines is 1. The Hall–Kier alpha value is -3.02. The van der Waals surface area contributed by atoms with Crippen LogP contribution in [-0.4, -0.2) is 30.1 Å². The zero-order valence-corrected chi connectivity index (χ0v) is 15.2. The molecule has 1 heterocycles. The summed E-state index contributed by atoms with van der Waals surface area (Å²) in [7, 11) is 3.20. The van der Waals surface area contributed by atoms with Crippen molar-refractivity contribution in [2.75, 3.05) is 14.2 Å². The number of H-pyrrole nitrogens is 1. The Bertz CT molecular complexity index is 871. The molecule has 2 aromatic carbocycles. The van der Waals surface area contributed by atoms with Crippen molar-refractivity contribution in [3.05, 3.63) is 53.9 Å². The fraction of sp³-hybridized carbons (Fsp3) is 0.300. The number of rotatable bonds is 7. The SMILES string of the molecule is COc1cccc(CCC(=O)NC(C)c2nc3ccccc3[nH]2)c1OC. The number of aryl methyl sites for hydroxylation is 1. The summed E-state index contributed by atoms with van der Waals surface area (Å²) in [6.45, 7) is 1.92. The number of para-hydroxylation sites is 3. The Morgan fingerprint density at radius 3 is 2.69 bits per heavy atom. The second kappa shape index (κ2) is 7.91. The van der Waals surface area contributed by atoms with Crippen molar-refractivity contribution in [2.45, 2.75) is 25.8 Å². The van der Waals surface area contributed by atoms with Gasteiger partial charge in [-0.05, 0) is 37.1 Å². The van der Waals surface area contributed by atoms with Crippen LogP contribution < -0.4 is 14.8 Å². The number of hydrogen-bond acceptors (Lipinski definition) is 4. The number of carbonyl (C=O) groups excluding carboxylic acids is 1. The van der Waals surface area contributed by atoms with Gasteiger partial charge in [0.2, 0.25) is 5.91 Å². The lowest BCUT2D eigenvalue weighted by molar-refractivity contribution is -0.121. The van der Waals surface area contributed by atoms with E-state index in [0.717, 1.165) is 22.4 Å². The van der Waals surface area contributed by atoms with Gasteiger partial charge >= 0.3 is 0 Å². The predicted octanol–water partition coefficient (Wildman–Crippen LogP) is 3.39. The van der Waals surface area contributed by atoms with Crippen molar-refractivity contribution < 1.29 is 14.3 Å². The van der Waals surface area contributed by atoms with E-state index in [2.05, 4.69) is 15.3 Å². The van der Waals surface area contributed by atoms with Crippen molar-refractivity contribution in [1.29, 1.82) is 0 Å². The van der Waals surface area contributed by atoms with E-state index in [-0.39, 0.29) is 11.9 Å². The Balaban J connectivity index is 1.62. The molecule has 6 heteroatoms. The molecule has 136 valence electrons. The number of benzene rings is 2. The Morgan fingerprint density at radius 1 is 1.15 bits per heavy atom. The minimum absolute atomic E-state index is 0.0390. The molecule has 1 amide bonds. The number of ether oxygens (including phenoxy) is 2. The van der Waals surface area contributed by atoms with E-state index in [4.69, 9.17) is 9.47 Å². The Morgan fingerprint density at radius 2 is 1.96 bits per heavy atom. The van der Waals surface area contributed by atoms with Gasteiger partial charge < -0.3 is 19.8 Å². The number of hydrogen-bond donors (Lipinski definition) is 2. The number of aromatic nitrogens is 2. The molecule has 0 saturated carbocycles. The third-order valence-corrected chi connectivity index (χ3v) is 4.30. The van der Waals surface area contributed by atoms with Crippen LogP contribution in [0.1, 0.15) is 30.8 Å².